The number of rotatable bonds is 2. The zero-order valence-electron chi connectivity index (χ0n) is 5.81. The molecule has 0 saturated carbocycles. The molecule has 0 amide bonds. The quantitative estimate of drug-likeness (QED) is 0.712. The second-order valence-electron chi connectivity index (χ2n) is 2.05. The van der Waals surface area contributed by atoms with Crippen LogP contribution >= 0.6 is 23.2 Å². The number of benzene rings is 1. The third-order valence-corrected chi connectivity index (χ3v) is 2.02. The van der Waals surface area contributed by atoms with E-state index in [-0.39, 0.29) is 0 Å². The van der Waals surface area contributed by atoms with Gasteiger partial charge in [-0.2, -0.15) is 0 Å². The highest BCUT2D eigenvalue weighted by atomic mass is 35.5. The molecule has 0 aliphatic carbocycles. The predicted molar refractivity (Wildman–Crippen MR) is 44.1 cm³/mol. The Morgan fingerprint density at radius 2 is 1.82 bits per heavy atom. The smallest absolute Gasteiger partial charge is 0.134 e. The lowest BCUT2D eigenvalue weighted by molar-refractivity contribution is -0.695. The maximum atomic E-state index is 5.82. The second-order valence-corrected chi connectivity index (χ2v) is 2.86. The molecule has 0 fully saturated rings. The lowest BCUT2D eigenvalue weighted by atomic mass is 10.2. The van der Waals surface area contributed by atoms with Crippen molar-refractivity contribution in [3.05, 3.63) is 33.8 Å². The van der Waals surface area contributed by atoms with Gasteiger partial charge in [-0.25, -0.2) is 10.7 Å². The van der Waals surface area contributed by atoms with Crippen molar-refractivity contribution in [2.75, 3.05) is 0 Å². The maximum Gasteiger partial charge on any atom is 0.134 e. The molecule has 0 unspecified atom stereocenters. The van der Waals surface area contributed by atoms with Crippen LogP contribution in [0.5, 0.6) is 0 Å². The van der Waals surface area contributed by atoms with E-state index in [2.05, 4.69) is 10.7 Å². The van der Waals surface area contributed by atoms with Gasteiger partial charge < -0.3 is 0 Å². The minimum atomic E-state index is 0.346. The van der Waals surface area contributed by atoms with Crippen LogP contribution in [0.3, 0.4) is 0 Å². The van der Waals surface area contributed by atoms with E-state index in [1.165, 1.54) is 0 Å². The maximum absolute atomic E-state index is 5.82. The number of halogens is 2. The Bertz CT molecular complexity index is 232. The van der Waals surface area contributed by atoms with Crippen LogP contribution in [0.25, 0.3) is 0 Å². The molecule has 1 rings (SSSR count). The van der Waals surface area contributed by atoms with Gasteiger partial charge in [0, 0.05) is 15.6 Å². The molecule has 0 aromatic heterocycles. The summed E-state index contributed by atoms with van der Waals surface area (Å²) < 4.78 is 0. The Morgan fingerprint density at radius 1 is 1.27 bits per heavy atom. The van der Waals surface area contributed by atoms with Crippen molar-refractivity contribution in [1.29, 1.82) is 0 Å². The van der Waals surface area contributed by atoms with Crippen LogP contribution in [0.4, 0.5) is 0 Å². The van der Waals surface area contributed by atoms with E-state index in [4.69, 9.17) is 23.2 Å². The molecule has 0 spiro atoms. The van der Waals surface area contributed by atoms with Crippen molar-refractivity contribution in [2.24, 2.45) is 0 Å². The van der Waals surface area contributed by atoms with Crippen molar-refractivity contribution in [3.8, 4) is 0 Å². The summed E-state index contributed by atoms with van der Waals surface area (Å²) >= 11 is 11.6. The first-order valence-corrected chi connectivity index (χ1v) is 3.81. The molecule has 0 radical (unpaired) electrons. The molecule has 0 bridgehead atoms. The monoisotopic (exact) mass is 192 g/mol. The Labute approximate surface area is 74.8 Å². The molecule has 4 heteroatoms. The fourth-order valence-corrected chi connectivity index (χ4v) is 1.28. The van der Waals surface area contributed by atoms with E-state index in [0.29, 0.717) is 16.7 Å². The first-order chi connectivity index (χ1) is 5.25. The Hall–Kier alpha value is -0.280. The first kappa shape index (κ1) is 8.81. The minimum absolute atomic E-state index is 0.346. The van der Waals surface area contributed by atoms with Gasteiger partial charge in [0.15, 0.2) is 0 Å². The standard InChI is InChI=1S/C7H8Cl2NO/c8-6-2-1-3-7(9)5(6)4-11-10/h1-3H,4H2,10H3/q+1. The summed E-state index contributed by atoms with van der Waals surface area (Å²) in [6.45, 7) is 0.346. The van der Waals surface area contributed by atoms with Crippen LogP contribution in [-0.4, -0.2) is 0 Å². The fourth-order valence-electron chi connectivity index (χ4n) is 0.772. The molecule has 1 aromatic rings. The van der Waals surface area contributed by atoms with E-state index in [1.807, 2.05) is 0 Å². The van der Waals surface area contributed by atoms with Gasteiger partial charge in [0.1, 0.15) is 6.61 Å². The molecule has 1 aromatic carbocycles. The summed E-state index contributed by atoms with van der Waals surface area (Å²) in [4.78, 5) is 4.67. The molecular weight excluding hydrogens is 185 g/mol. The van der Waals surface area contributed by atoms with Crippen LogP contribution < -0.4 is 5.90 Å². The molecular formula is C7H8Cl2NO+. The average Bonchev–Trinajstić information content (AvgIpc) is 1.97. The summed E-state index contributed by atoms with van der Waals surface area (Å²) in [5, 5.41) is 1.22. The van der Waals surface area contributed by atoms with Gasteiger partial charge in [0.05, 0.1) is 0 Å². The molecule has 0 aliphatic heterocycles. The van der Waals surface area contributed by atoms with E-state index in [9.17, 15) is 0 Å². The van der Waals surface area contributed by atoms with Crippen molar-refractivity contribution < 1.29 is 10.7 Å². The van der Waals surface area contributed by atoms with Gasteiger partial charge in [0.25, 0.3) is 0 Å². The number of hydrogen-bond acceptors (Lipinski definition) is 1. The normalized spacial score (nSPS) is 10.1. The first-order valence-electron chi connectivity index (χ1n) is 3.05. The molecule has 3 N–H and O–H groups in total. The van der Waals surface area contributed by atoms with Crippen LogP contribution in [0.15, 0.2) is 18.2 Å². The summed E-state index contributed by atoms with van der Waals surface area (Å²) in [7, 11) is 0. The zero-order chi connectivity index (χ0) is 8.27. The fraction of sp³-hybridized carbons (Fsp3) is 0.143. The van der Waals surface area contributed by atoms with Gasteiger partial charge in [0.2, 0.25) is 0 Å². The largest absolute Gasteiger partial charge is 0.212 e. The Morgan fingerprint density at radius 3 is 2.27 bits per heavy atom. The van der Waals surface area contributed by atoms with Crippen LogP contribution in [0, 0.1) is 0 Å². The highest BCUT2D eigenvalue weighted by Crippen LogP contribution is 2.24. The summed E-state index contributed by atoms with van der Waals surface area (Å²) in [5.74, 6) is 3.25. The summed E-state index contributed by atoms with van der Waals surface area (Å²) in [6, 6.07) is 5.32. The van der Waals surface area contributed by atoms with Crippen molar-refractivity contribution in [2.45, 2.75) is 6.61 Å². The van der Waals surface area contributed by atoms with Gasteiger partial charge in [-0.3, -0.25) is 0 Å². The van der Waals surface area contributed by atoms with E-state index >= 15 is 0 Å². The lowest BCUT2D eigenvalue weighted by Gasteiger charge is -2.01. The molecule has 2 nitrogen and oxygen atoms in total. The van der Waals surface area contributed by atoms with Gasteiger partial charge in [-0.1, -0.05) is 29.3 Å². The highest BCUT2D eigenvalue weighted by Gasteiger charge is 2.04. The molecule has 60 valence electrons. The predicted octanol–water partition coefficient (Wildman–Crippen LogP) is 1.67. The van der Waals surface area contributed by atoms with Crippen molar-refractivity contribution >= 4 is 23.2 Å². The molecule has 0 aliphatic rings. The van der Waals surface area contributed by atoms with Crippen LogP contribution in [0.1, 0.15) is 5.56 Å². The highest BCUT2D eigenvalue weighted by molar-refractivity contribution is 6.35. The number of quaternary nitrogens is 1. The third kappa shape index (κ3) is 2.07. The van der Waals surface area contributed by atoms with E-state index in [0.717, 1.165) is 5.56 Å². The van der Waals surface area contributed by atoms with Gasteiger partial charge in [-0.15, -0.1) is 0 Å². The molecule has 0 heterocycles. The number of hydrogen-bond donors (Lipinski definition) is 1. The van der Waals surface area contributed by atoms with E-state index in [1.54, 1.807) is 18.2 Å². The van der Waals surface area contributed by atoms with Crippen molar-refractivity contribution in [1.82, 2.24) is 0 Å². The van der Waals surface area contributed by atoms with Gasteiger partial charge in [-0.05, 0) is 12.1 Å². The van der Waals surface area contributed by atoms with Crippen LogP contribution in [-0.2, 0) is 11.4 Å². The lowest BCUT2D eigenvalue weighted by Crippen LogP contribution is -2.48. The molecule has 11 heavy (non-hydrogen) atoms. The molecule has 0 atom stereocenters. The second kappa shape index (κ2) is 3.93. The average molecular weight is 193 g/mol. The topological polar surface area (TPSA) is 36.9 Å². The van der Waals surface area contributed by atoms with E-state index < -0.39 is 0 Å². The van der Waals surface area contributed by atoms with Crippen LogP contribution in [0.2, 0.25) is 10.0 Å². The molecule has 0 saturated heterocycles. The van der Waals surface area contributed by atoms with Crippen molar-refractivity contribution in [3.63, 3.8) is 0 Å². The minimum Gasteiger partial charge on any atom is -0.212 e. The Kier molecular flexibility index (Phi) is 3.15. The third-order valence-electron chi connectivity index (χ3n) is 1.31. The zero-order valence-corrected chi connectivity index (χ0v) is 7.32. The van der Waals surface area contributed by atoms with Gasteiger partial charge >= 0.3 is 0 Å². The Balaban J connectivity index is 3.00. The SMILES string of the molecule is [NH3+]OCc1c(Cl)cccc1Cl. The summed E-state index contributed by atoms with van der Waals surface area (Å²) in [6.07, 6.45) is 0. The summed E-state index contributed by atoms with van der Waals surface area (Å²) in [5.41, 5.74) is 0.783.